The van der Waals surface area contributed by atoms with Crippen molar-refractivity contribution in [3.63, 3.8) is 0 Å². The number of nitrogens with zero attached hydrogens (tertiary/aromatic N) is 6. The molecule has 6 aromatic heterocycles. The molecular formula is C96H126N18O12. The fourth-order valence-corrected chi connectivity index (χ4v) is 13.3. The molecule has 6 saturated heterocycles. The summed E-state index contributed by atoms with van der Waals surface area (Å²) in [7, 11) is 9.14. The molecule has 0 bridgehead atoms. The van der Waals surface area contributed by atoms with Crippen molar-refractivity contribution in [3.05, 3.63) is 213 Å². The normalized spacial score (nSPS) is 28.4. The van der Waals surface area contributed by atoms with Gasteiger partial charge in [0.1, 0.15) is 39.4 Å². The van der Waals surface area contributed by atoms with Gasteiger partial charge in [-0.3, -0.25) is 0 Å². The predicted molar refractivity (Wildman–Crippen MR) is 495 cm³/mol. The first kappa shape index (κ1) is 44.9. The van der Waals surface area contributed by atoms with Crippen molar-refractivity contribution in [2.45, 2.75) is 113 Å². The minimum atomic E-state index is -3.62. The van der Waals surface area contributed by atoms with Crippen molar-refractivity contribution in [3.8, 4) is 0 Å². The van der Waals surface area contributed by atoms with Crippen LogP contribution < -0.4 is 31.9 Å². The lowest BCUT2D eigenvalue weighted by Crippen LogP contribution is -2.28. The maximum atomic E-state index is 11.5. The molecule has 672 valence electrons. The van der Waals surface area contributed by atoms with E-state index in [-0.39, 0.29) is 116 Å². The molecule has 0 aliphatic carbocycles. The minimum Gasteiger partial charge on any atom is -0.447 e. The Morgan fingerprint density at radius 3 is 0.857 bits per heavy atom. The second-order valence-electron chi connectivity index (χ2n) is 29.5. The fourth-order valence-electron chi connectivity index (χ4n) is 13.3. The van der Waals surface area contributed by atoms with Gasteiger partial charge < -0.3 is 120 Å². The smallest absolute Gasteiger partial charge is 0.407 e. The number of benzene rings is 6. The van der Waals surface area contributed by atoms with Crippen LogP contribution in [0.25, 0.3) is 65.4 Å². The van der Waals surface area contributed by atoms with Crippen LogP contribution >= 0.6 is 0 Å². The van der Waals surface area contributed by atoms with Crippen molar-refractivity contribution in [1.82, 2.24) is 91.2 Å². The molecule has 0 radical (unpaired) electrons. The van der Waals surface area contributed by atoms with E-state index in [1.165, 1.54) is 62.4 Å². The summed E-state index contributed by atoms with van der Waals surface area (Å²) in [5, 5.41) is 10.7. The van der Waals surface area contributed by atoms with Gasteiger partial charge in [0.25, 0.3) is 0 Å². The van der Waals surface area contributed by atoms with Gasteiger partial charge in [-0.05, 0) is 301 Å². The summed E-state index contributed by atoms with van der Waals surface area (Å²) >= 11 is 0. The van der Waals surface area contributed by atoms with Gasteiger partial charge in [0, 0.05) is 183 Å². The van der Waals surface area contributed by atoms with Crippen molar-refractivity contribution < 1.29 is 131 Å². The number of aromatic nitrogens is 6. The van der Waals surface area contributed by atoms with E-state index in [0.717, 1.165) is 49.9 Å². The monoisotopic (exact) mass is 1780 g/mol. The van der Waals surface area contributed by atoms with Crippen LogP contribution in [-0.4, -0.2) is 295 Å². The highest BCUT2D eigenvalue weighted by atomic mass is 16.6. The summed E-state index contributed by atoms with van der Waals surface area (Å²) in [6.07, 6.45) is -15.2. The number of ether oxygens (including phenoxy) is 6. The highest BCUT2D eigenvalue weighted by Gasteiger charge is 2.29. The van der Waals surface area contributed by atoms with Gasteiger partial charge in [0.2, 0.25) is 0 Å². The molecule has 6 atom stereocenters. The van der Waals surface area contributed by atoms with Crippen molar-refractivity contribution in [1.29, 1.82) is 0 Å². The molecule has 0 saturated carbocycles. The Kier molecular flexibility index (Phi) is 15.6. The van der Waals surface area contributed by atoms with Crippen molar-refractivity contribution in [2.75, 3.05) is 163 Å². The second kappa shape index (κ2) is 43.7. The first-order valence-electron chi connectivity index (χ1n) is 65.7. The maximum absolute atomic E-state index is 11.5. The van der Waals surface area contributed by atoms with Gasteiger partial charge in [-0.25, -0.2) is 28.8 Å². The summed E-state index contributed by atoms with van der Waals surface area (Å²) in [5.41, 5.74) is 6.11. The fraction of sp³-hybridized carbons (Fsp3) is 0.438. The van der Waals surface area contributed by atoms with Crippen LogP contribution in [0.1, 0.15) is 133 Å². The lowest BCUT2D eigenvalue weighted by atomic mass is 10.0. The molecule has 6 aliphatic heterocycles. The van der Waals surface area contributed by atoms with E-state index in [0.29, 0.717) is 109 Å². The number of aryl methyl sites for hydroxylation is 3. The highest BCUT2D eigenvalue weighted by molar-refractivity contribution is 5.88. The van der Waals surface area contributed by atoms with E-state index in [4.69, 9.17) is 74.3 Å². The number of cyclic esters (lactones) is 6. The van der Waals surface area contributed by atoms with Gasteiger partial charge in [-0.15, -0.1) is 0 Å². The topological polar surface area (TPSA) is 344 Å². The van der Waals surface area contributed by atoms with E-state index in [1.807, 2.05) is 25.1 Å². The van der Waals surface area contributed by atoms with Gasteiger partial charge in [0.05, 0.1) is 60.9 Å². The third kappa shape index (κ3) is 26.5. The average molecular weight is 1780 g/mol. The number of hydrogen-bond acceptors (Lipinski definition) is 18. The number of carbonyl (C=O) groups is 6. The van der Waals surface area contributed by atoms with Gasteiger partial charge in [0.15, 0.2) is 8.47 Å². The number of alkyl carbamates (subject to hydrolysis) is 6. The van der Waals surface area contributed by atoms with Crippen LogP contribution in [-0.2, 0) is 105 Å². The molecule has 30 heteroatoms. The third-order valence-electron chi connectivity index (χ3n) is 19.3. The number of nitrogens with one attached hydrogen (secondary N) is 12. The summed E-state index contributed by atoms with van der Waals surface area (Å²) in [4.78, 5) is 84.0. The van der Waals surface area contributed by atoms with Crippen LogP contribution in [0.15, 0.2) is 146 Å². The van der Waals surface area contributed by atoms with Gasteiger partial charge >= 0.3 is 36.6 Å². The van der Waals surface area contributed by atoms with Crippen LogP contribution in [0.5, 0.6) is 0 Å². The van der Waals surface area contributed by atoms with E-state index >= 15 is 0 Å². The summed E-state index contributed by atoms with van der Waals surface area (Å²) in [5.74, 6) is 0. The van der Waals surface area contributed by atoms with Crippen LogP contribution in [0.3, 0.4) is 0 Å². The van der Waals surface area contributed by atoms with Gasteiger partial charge in [-0.2, -0.15) is 0 Å². The van der Waals surface area contributed by atoms with Crippen LogP contribution in [0, 0.1) is 0 Å². The van der Waals surface area contributed by atoms with Crippen molar-refractivity contribution in [2.24, 2.45) is 0 Å². The zero-order valence-corrected chi connectivity index (χ0v) is 68.6. The standard InChI is InChI=1S/6C16H21N3O2/c6*1-19(2)6-5-12-9-17-15-4-3-11(8-14(12)15)7-13-10-21-16(20)18-13/h6*3-4,8-9,13,17H,5-7,10H2,1-2H3,(H,18,20)/t6*13-/m000000/s1/i1D3,2D3,5D2,6D2,9D,10D2;1D3,5D2,6D2,9D,10D2;5D2,6D2,9D,10D2;1D3,2D3,9D,10D2;1D3,9D,10D2;9D,10D2/hD6. The second-order valence-corrected chi connectivity index (χ2v) is 29.5. The van der Waals surface area contributed by atoms with Crippen LogP contribution in [0.2, 0.25) is 8.47 Å². The Hall–Kier alpha value is -12.1. The maximum Gasteiger partial charge on any atom is 0.407 e. The molecule has 12 aromatic rings. The van der Waals surface area contributed by atoms with Crippen molar-refractivity contribution >= 4 is 102 Å². The first-order valence-corrected chi connectivity index (χ1v) is 39.0. The lowest BCUT2D eigenvalue weighted by molar-refractivity contribution is 0.176. The molecule has 6 amide bonds. The number of carbonyl (C=O) groups excluding carboxylic acids is 6. The third-order valence-corrected chi connectivity index (χ3v) is 19.3. The summed E-state index contributed by atoms with van der Waals surface area (Å²) in [6, 6.07) is 22.2. The molecule has 18 rings (SSSR count). The molecule has 0 spiro atoms. The van der Waals surface area contributed by atoms with E-state index in [9.17, 15) is 28.8 Å². The predicted octanol–water partition coefficient (Wildman–Crippen LogP) is 11.5. The molecule has 126 heavy (non-hydrogen) atoms. The van der Waals surface area contributed by atoms with E-state index in [2.05, 4.69) is 59.3 Å². The number of hydrogen-bond donors (Lipinski definition) is 12. The molecule has 12 heterocycles. The molecule has 0 unspecified atom stereocenters. The summed E-state index contributed by atoms with van der Waals surface area (Å²) < 4.78 is 452. The average Bonchev–Trinajstić information content (AvgIpc) is 1.49. The first-order chi connectivity index (χ1) is 81.9. The number of amides is 6. The SMILES string of the molecule is [2H]c1[nH]c2ccc(C[C@@H]3NC(=O)OC3([2H])[2H])cc2c1C([2H])([2H])C([2H])([2H])N(C([2H])([2H])[2H])C([2H])([2H])[2H].[2H]c1[nH]c2ccc(C[C@@H]3NC(=O)OC3([2H])[2H])cc2c1C([2H])([2H])C([2H])([2H])N(C)C.[2H]c1[nH]c2ccc(C[C@@H]3NC(=O)OC3([2H])[2H])cc2c1C([2H])([2H])C([2H])([2H])N(C)C([2H])([2H])[2H].[2H]c1c(CCN(C([2H])([2H])[2H])C([2H])([2H])[2H])c2cc(C[C@@H]3N([2H])C(=O)OC3([2H])[2H])ccc2n1[2H].[2H]c1c(CCN(C)C([2H])([2H])[2H])c2cc(C[C@@H]3N([2H])C(=O)OC3([2H])[2H])ccc2n1[2H].[2H]c1c(CCN(C)C)c2cc(C[C@@H]3N([2H])C(=O)OC3([2H])[2H])ccc2n1[2H]. The highest BCUT2D eigenvalue weighted by Crippen LogP contribution is 2.29. The van der Waals surface area contributed by atoms with E-state index in [1.54, 1.807) is 66.7 Å². The largest absolute Gasteiger partial charge is 0.447 e. The quantitative estimate of drug-likeness (QED) is 0.0186. The number of H-pyrrole nitrogens is 6. The molecular weight excluding hydrogens is 1600 g/mol. The lowest BCUT2D eigenvalue weighted by Gasteiger charge is -2.09. The zero-order chi connectivity index (χ0) is 136. The Morgan fingerprint density at radius 1 is 0.317 bits per heavy atom. The number of fused-ring (bicyclic) bond motifs is 6. The Balaban J connectivity index is 0.000000176. The molecule has 6 fully saturated rings. The zero-order valence-electron chi connectivity index (χ0n) is 123. The molecule has 12 N–H and O–H groups in total. The molecule has 6 aliphatic rings. The summed E-state index contributed by atoms with van der Waals surface area (Å²) in [6.45, 7) is -40.1. The van der Waals surface area contributed by atoms with Gasteiger partial charge in [-0.1, -0.05) is 36.4 Å². The Labute approximate surface area is 812 Å². The Bertz CT molecular complexity index is 8280. The Morgan fingerprint density at radius 2 is 0.579 bits per heavy atom. The minimum absolute atomic E-state index is 0.00228. The number of rotatable bonds is 30. The van der Waals surface area contributed by atoms with E-state index < -0.39 is 222 Å². The molecule has 6 aromatic carbocycles. The van der Waals surface area contributed by atoms with Crippen LogP contribution in [0.4, 0.5) is 28.8 Å². The number of likely N-dealkylation sites (N-methyl/N-ethyl adjacent to an activating group) is 6. The molecule has 30 nitrogen and oxygen atoms in total. The number of aromatic amines is 6.